The molecule has 1 saturated carbocycles. The summed E-state index contributed by atoms with van der Waals surface area (Å²) in [5.41, 5.74) is 1.38. The van der Waals surface area contributed by atoms with Crippen molar-refractivity contribution in [2.75, 3.05) is 30.4 Å². The number of nitrogens with zero attached hydrogens (tertiary/aromatic N) is 1. The van der Waals surface area contributed by atoms with Gasteiger partial charge in [0.15, 0.2) is 11.6 Å². The molecule has 1 heterocycles. The topological polar surface area (TPSA) is 41.6 Å². The first-order valence-corrected chi connectivity index (χ1v) is 6.09. The Kier molecular flexibility index (Phi) is 2.61. The minimum atomic E-state index is -0.454. The lowest BCUT2D eigenvalue weighted by Crippen LogP contribution is -2.39. The van der Waals surface area contributed by atoms with Crippen LogP contribution >= 0.6 is 0 Å². The summed E-state index contributed by atoms with van der Waals surface area (Å²) >= 11 is 0. The summed E-state index contributed by atoms with van der Waals surface area (Å²) in [6, 6.07) is 2.98. The molecule has 18 heavy (non-hydrogen) atoms. The molecule has 4 nitrogen and oxygen atoms in total. The van der Waals surface area contributed by atoms with Crippen molar-refractivity contribution in [3.05, 3.63) is 17.9 Å². The Labute approximate surface area is 105 Å². The maximum Gasteiger partial charge on any atom is 0.243 e. The number of benzene rings is 1. The molecule has 0 atom stereocenters. The van der Waals surface area contributed by atoms with E-state index in [0.29, 0.717) is 18.2 Å². The number of fused-ring (bicyclic) bond motifs is 1. The Morgan fingerprint density at radius 1 is 1.50 bits per heavy atom. The summed E-state index contributed by atoms with van der Waals surface area (Å²) < 4.78 is 18.6. The lowest BCUT2D eigenvalue weighted by molar-refractivity contribution is -0.115. The molecule has 1 aromatic rings. The number of rotatable bonds is 3. The van der Waals surface area contributed by atoms with Gasteiger partial charge in [-0.05, 0) is 18.8 Å². The first kappa shape index (κ1) is 11.3. The third-order valence-corrected chi connectivity index (χ3v) is 3.39. The molecule has 1 aromatic carbocycles. The van der Waals surface area contributed by atoms with Crippen molar-refractivity contribution < 1.29 is 13.9 Å². The normalized spacial score (nSPS) is 18.3. The summed E-state index contributed by atoms with van der Waals surface area (Å²) in [6.07, 6.45) is 2.43. The maximum atomic E-state index is 13.6. The van der Waals surface area contributed by atoms with E-state index in [1.807, 2.05) is 4.90 Å². The standard InChI is InChI=1S/C13H15FN2O2/c1-18-12-5-11-10(4-9(12)14)15-13(17)7-16(11)6-8-2-3-8/h4-5,8H,2-3,6-7H2,1H3,(H,15,17). The van der Waals surface area contributed by atoms with Gasteiger partial charge in [-0.3, -0.25) is 4.79 Å². The molecular formula is C13H15FN2O2. The average molecular weight is 250 g/mol. The molecule has 0 bridgehead atoms. The van der Waals surface area contributed by atoms with E-state index in [2.05, 4.69) is 5.32 Å². The maximum absolute atomic E-state index is 13.6. The van der Waals surface area contributed by atoms with Gasteiger partial charge in [-0.1, -0.05) is 0 Å². The van der Waals surface area contributed by atoms with Crippen molar-refractivity contribution in [3.8, 4) is 5.75 Å². The largest absolute Gasteiger partial charge is 0.494 e. The van der Waals surface area contributed by atoms with Gasteiger partial charge in [0.25, 0.3) is 0 Å². The van der Waals surface area contributed by atoms with Crippen LogP contribution in [0.2, 0.25) is 0 Å². The van der Waals surface area contributed by atoms with Gasteiger partial charge >= 0.3 is 0 Å². The summed E-state index contributed by atoms with van der Waals surface area (Å²) in [5.74, 6) is 0.336. The quantitative estimate of drug-likeness (QED) is 0.892. The number of hydrogen-bond acceptors (Lipinski definition) is 3. The monoisotopic (exact) mass is 250 g/mol. The Hall–Kier alpha value is -1.78. The Morgan fingerprint density at radius 3 is 2.94 bits per heavy atom. The van der Waals surface area contributed by atoms with Crippen LogP contribution in [-0.2, 0) is 4.79 Å². The second-order valence-electron chi connectivity index (χ2n) is 4.88. The fourth-order valence-electron chi connectivity index (χ4n) is 2.28. The van der Waals surface area contributed by atoms with Gasteiger partial charge in [0.05, 0.1) is 25.0 Å². The lowest BCUT2D eigenvalue weighted by atomic mass is 10.1. The molecule has 5 heteroatoms. The summed E-state index contributed by atoms with van der Waals surface area (Å²) in [5, 5.41) is 2.70. The van der Waals surface area contributed by atoms with E-state index in [0.717, 1.165) is 12.2 Å². The number of halogens is 1. The number of amides is 1. The lowest BCUT2D eigenvalue weighted by Gasteiger charge is -2.31. The van der Waals surface area contributed by atoms with Crippen molar-refractivity contribution in [2.45, 2.75) is 12.8 Å². The summed E-state index contributed by atoms with van der Waals surface area (Å²) in [4.78, 5) is 13.6. The molecule has 0 aromatic heterocycles. The van der Waals surface area contributed by atoms with Gasteiger partial charge in [0.2, 0.25) is 5.91 Å². The van der Waals surface area contributed by atoms with E-state index in [9.17, 15) is 9.18 Å². The Morgan fingerprint density at radius 2 is 2.28 bits per heavy atom. The zero-order valence-electron chi connectivity index (χ0n) is 10.2. The molecule has 96 valence electrons. The first-order chi connectivity index (χ1) is 8.67. The highest BCUT2D eigenvalue weighted by Crippen LogP contribution is 2.38. The van der Waals surface area contributed by atoms with E-state index in [1.54, 1.807) is 6.07 Å². The predicted octanol–water partition coefficient (Wildman–Crippen LogP) is 2.00. The van der Waals surface area contributed by atoms with Crippen LogP contribution in [0.25, 0.3) is 0 Å². The molecule has 1 amide bonds. The second kappa shape index (κ2) is 4.15. The van der Waals surface area contributed by atoms with Crippen molar-refractivity contribution in [3.63, 3.8) is 0 Å². The van der Waals surface area contributed by atoms with Gasteiger partial charge in [-0.2, -0.15) is 0 Å². The number of hydrogen-bond donors (Lipinski definition) is 1. The first-order valence-electron chi connectivity index (χ1n) is 6.09. The van der Waals surface area contributed by atoms with E-state index >= 15 is 0 Å². The average Bonchev–Trinajstić information content (AvgIpc) is 3.12. The number of carbonyl (C=O) groups is 1. The third-order valence-electron chi connectivity index (χ3n) is 3.39. The van der Waals surface area contributed by atoms with Crippen LogP contribution in [0.15, 0.2) is 12.1 Å². The van der Waals surface area contributed by atoms with E-state index in [-0.39, 0.29) is 11.7 Å². The number of methoxy groups -OCH3 is 1. The highest BCUT2D eigenvalue weighted by molar-refractivity contribution is 6.01. The van der Waals surface area contributed by atoms with Crippen LogP contribution in [-0.4, -0.2) is 26.1 Å². The molecule has 0 saturated heterocycles. The second-order valence-corrected chi connectivity index (χ2v) is 4.88. The van der Waals surface area contributed by atoms with Crippen LogP contribution in [0.3, 0.4) is 0 Å². The van der Waals surface area contributed by atoms with Gasteiger partial charge in [0, 0.05) is 18.7 Å². The molecule has 0 unspecified atom stereocenters. The third kappa shape index (κ3) is 2.00. The fraction of sp³-hybridized carbons (Fsp3) is 0.462. The molecule has 2 aliphatic rings. The smallest absolute Gasteiger partial charge is 0.243 e. The van der Waals surface area contributed by atoms with E-state index < -0.39 is 5.82 Å². The molecule has 1 N–H and O–H groups in total. The SMILES string of the molecule is COc1cc2c(cc1F)NC(=O)CN2CC1CC1. The van der Waals surface area contributed by atoms with Gasteiger partial charge < -0.3 is 15.0 Å². The van der Waals surface area contributed by atoms with E-state index in [1.165, 1.54) is 26.0 Å². The predicted molar refractivity (Wildman–Crippen MR) is 66.5 cm³/mol. The minimum Gasteiger partial charge on any atom is -0.494 e. The zero-order valence-corrected chi connectivity index (χ0v) is 10.2. The molecule has 1 fully saturated rings. The van der Waals surface area contributed by atoms with Crippen molar-refractivity contribution in [1.82, 2.24) is 0 Å². The molecular weight excluding hydrogens is 235 g/mol. The van der Waals surface area contributed by atoms with Crippen molar-refractivity contribution >= 4 is 17.3 Å². The molecule has 1 aliphatic heterocycles. The van der Waals surface area contributed by atoms with E-state index in [4.69, 9.17) is 4.74 Å². The van der Waals surface area contributed by atoms with Crippen LogP contribution in [0, 0.1) is 11.7 Å². The Bertz CT molecular complexity index is 500. The minimum absolute atomic E-state index is 0.0901. The fourth-order valence-corrected chi connectivity index (χ4v) is 2.28. The van der Waals surface area contributed by atoms with Gasteiger partial charge in [-0.15, -0.1) is 0 Å². The molecule has 3 rings (SSSR count). The molecule has 0 spiro atoms. The van der Waals surface area contributed by atoms with Crippen molar-refractivity contribution in [2.24, 2.45) is 5.92 Å². The van der Waals surface area contributed by atoms with Gasteiger partial charge in [0.1, 0.15) is 0 Å². The van der Waals surface area contributed by atoms with Crippen LogP contribution < -0.4 is 15.0 Å². The summed E-state index contributed by atoms with van der Waals surface area (Å²) in [6.45, 7) is 1.19. The number of nitrogens with one attached hydrogen (secondary N) is 1. The highest BCUT2D eigenvalue weighted by Gasteiger charge is 2.30. The summed E-state index contributed by atoms with van der Waals surface area (Å²) in [7, 11) is 1.44. The highest BCUT2D eigenvalue weighted by atomic mass is 19.1. The number of ether oxygens (including phenoxy) is 1. The van der Waals surface area contributed by atoms with Crippen LogP contribution in [0.1, 0.15) is 12.8 Å². The molecule has 1 aliphatic carbocycles. The van der Waals surface area contributed by atoms with Gasteiger partial charge in [-0.25, -0.2) is 4.39 Å². The zero-order chi connectivity index (χ0) is 12.7. The Balaban J connectivity index is 1.98. The number of anilines is 2. The van der Waals surface area contributed by atoms with Crippen molar-refractivity contribution in [1.29, 1.82) is 0 Å². The number of carbonyl (C=O) groups excluding carboxylic acids is 1. The van der Waals surface area contributed by atoms with Crippen LogP contribution in [0.4, 0.5) is 15.8 Å². The van der Waals surface area contributed by atoms with Crippen LogP contribution in [0.5, 0.6) is 5.75 Å². The molecule has 0 radical (unpaired) electrons.